The zero-order valence-electron chi connectivity index (χ0n) is 10.8. The number of aliphatic hydroxyl groups excluding tert-OH is 1. The van der Waals surface area contributed by atoms with Crippen LogP contribution in [0, 0.1) is 6.92 Å². The molecule has 2 aromatic rings. The molecular weight excluding hydrogens is 240 g/mol. The summed E-state index contributed by atoms with van der Waals surface area (Å²) in [5.74, 6) is 0.963. The summed E-state index contributed by atoms with van der Waals surface area (Å²) in [4.78, 5) is 1.20. The lowest BCUT2D eigenvalue weighted by Crippen LogP contribution is -1.90. The van der Waals surface area contributed by atoms with Gasteiger partial charge in [-0.2, -0.15) is 0 Å². The predicted molar refractivity (Wildman–Crippen MR) is 77.8 cm³/mol. The number of rotatable bonds is 4. The first-order chi connectivity index (χ1) is 8.65. The Kier molecular flexibility index (Phi) is 4.45. The van der Waals surface area contributed by atoms with E-state index in [-0.39, 0.29) is 0 Å². The van der Waals surface area contributed by atoms with E-state index in [0.717, 1.165) is 11.3 Å². The van der Waals surface area contributed by atoms with Gasteiger partial charge in [-0.05, 0) is 37.1 Å². The lowest BCUT2D eigenvalue weighted by atomic mass is 10.1. The summed E-state index contributed by atoms with van der Waals surface area (Å²) < 4.78 is 0. The van der Waals surface area contributed by atoms with Gasteiger partial charge in [0.2, 0.25) is 0 Å². The molecule has 0 spiro atoms. The van der Waals surface area contributed by atoms with Crippen molar-refractivity contribution in [2.45, 2.75) is 30.6 Å². The largest absolute Gasteiger partial charge is 0.389 e. The summed E-state index contributed by atoms with van der Waals surface area (Å²) >= 11 is 1.80. The minimum Gasteiger partial charge on any atom is -0.389 e. The maximum absolute atomic E-state index is 9.56. The Morgan fingerprint density at radius 1 is 1.11 bits per heavy atom. The Hall–Kier alpha value is -1.25. The lowest BCUT2D eigenvalue weighted by molar-refractivity contribution is 0.199. The Bertz CT molecular complexity index is 520. The highest BCUT2D eigenvalue weighted by Crippen LogP contribution is 2.25. The van der Waals surface area contributed by atoms with Crippen LogP contribution in [0.2, 0.25) is 0 Å². The van der Waals surface area contributed by atoms with E-state index in [9.17, 15) is 5.11 Å². The zero-order chi connectivity index (χ0) is 13.0. The van der Waals surface area contributed by atoms with E-state index in [1.54, 1.807) is 18.7 Å². The first kappa shape index (κ1) is 13.2. The molecule has 2 aromatic carbocycles. The maximum atomic E-state index is 9.56. The first-order valence-electron chi connectivity index (χ1n) is 6.11. The molecule has 0 aromatic heterocycles. The van der Waals surface area contributed by atoms with Gasteiger partial charge < -0.3 is 5.11 Å². The van der Waals surface area contributed by atoms with Crippen molar-refractivity contribution in [3.05, 3.63) is 65.2 Å². The highest BCUT2D eigenvalue weighted by Gasteiger charge is 2.02. The van der Waals surface area contributed by atoms with E-state index in [0.29, 0.717) is 0 Å². The van der Waals surface area contributed by atoms with Crippen LogP contribution >= 0.6 is 11.8 Å². The van der Waals surface area contributed by atoms with Gasteiger partial charge in [0.05, 0.1) is 6.10 Å². The molecule has 0 amide bonds. The van der Waals surface area contributed by atoms with Gasteiger partial charge in [-0.3, -0.25) is 0 Å². The minimum absolute atomic E-state index is 0.399. The molecule has 18 heavy (non-hydrogen) atoms. The Balaban J connectivity index is 2.04. The topological polar surface area (TPSA) is 20.2 Å². The van der Waals surface area contributed by atoms with Crippen LogP contribution in [0.25, 0.3) is 0 Å². The molecule has 1 nitrogen and oxygen atoms in total. The monoisotopic (exact) mass is 258 g/mol. The average molecular weight is 258 g/mol. The number of aliphatic hydroxyl groups is 1. The van der Waals surface area contributed by atoms with Gasteiger partial charge in [-0.25, -0.2) is 0 Å². The molecule has 1 unspecified atom stereocenters. The molecule has 0 bridgehead atoms. The molecule has 0 saturated carbocycles. The molecule has 0 fully saturated rings. The molecule has 0 radical (unpaired) electrons. The minimum atomic E-state index is -0.399. The molecule has 0 heterocycles. The van der Waals surface area contributed by atoms with E-state index < -0.39 is 6.10 Å². The average Bonchev–Trinajstić information content (AvgIpc) is 2.37. The van der Waals surface area contributed by atoms with Crippen LogP contribution in [0.15, 0.2) is 53.4 Å². The van der Waals surface area contributed by atoms with Crippen molar-refractivity contribution >= 4 is 11.8 Å². The number of benzene rings is 2. The predicted octanol–water partition coefficient (Wildman–Crippen LogP) is 4.34. The van der Waals surface area contributed by atoms with Gasteiger partial charge in [0.1, 0.15) is 0 Å². The molecule has 2 rings (SSSR count). The second-order valence-electron chi connectivity index (χ2n) is 4.53. The van der Waals surface area contributed by atoms with E-state index >= 15 is 0 Å². The highest BCUT2D eigenvalue weighted by molar-refractivity contribution is 7.98. The molecule has 0 aliphatic heterocycles. The van der Waals surface area contributed by atoms with Crippen LogP contribution in [0.5, 0.6) is 0 Å². The third-order valence-electron chi connectivity index (χ3n) is 2.83. The lowest BCUT2D eigenvalue weighted by Gasteiger charge is -2.07. The van der Waals surface area contributed by atoms with Crippen molar-refractivity contribution in [1.82, 2.24) is 0 Å². The van der Waals surface area contributed by atoms with Gasteiger partial charge in [0.25, 0.3) is 0 Å². The molecule has 2 heteroatoms. The molecule has 94 valence electrons. The number of hydrogen-bond donors (Lipinski definition) is 1. The van der Waals surface area contributed by atoms with Crippen molar-refractivity contribution < 1.29 is 5.11 Å². The summed E-state index contributed by atoms with van der Waals surface area (Å²) in [5.41, 5.74) is 3.61. The van der Waals surface area contributed by atoms with Crippen molar-refractivity contribution in [2.75, 3.05) is 0 Å². The quantitative estimate of drug-likeness (QED) is 0.823. The van der Waals surface area contributed by atoms with E-state index in [2.05, 4.69) is 43.3 Å². The van der Waals surface area contributed by atoms with Crippen LogP contribution in [0.4, 0.5) is 0 Å². The van der Waals surface area contributed by atoms with E-state index in [1.807, 2.05) is 12.1 Å². The fourth-order valence-electron chi connectivity index (χ4n) is 1.83. The Morgan fingerprint density at radius 2 is 1.89 bits per heavy atom. The smallest absolute Gasteiger partial charge is 0.0762 e. The van der Waals surface area contributed by atoms with Crippen LogP contribution < -0.4 is 0 Å². The Labute approximate surface area is 113 Å². The van der Waals surface area contributed by atoms with Crippen LogP contribution in [-0.4, -0.2) is 5.11 Å². The highest BCUT2D eigenvalue weighted by atomic mass is 32.2. The van der Waals surface area contributed by atoms with Crippen LogP contribution in [0.3, 0.4) is 0 Å². The Morgan fingerprint density at radius 3 is 2.61 bits per heavy atom. The van der Waals surface area contributed by atoms with Crippen molar-refractivity contribution in [3.8, 4) is 0 Å². The maximum Gasteiger partial charge on any atom is 0.0762 e. The van der Waals surface area contributed by atoms with Gasteiger partial charge in [-0.1, -0.05) is 42.0 Å². The normalized spacial score (nSPS) is 12.4. The summed E-state index contributed by atoms with van der Waals surface area (Å²) in [7, 11) is 0. The van der Waals surface area contributed by atoms with Gasteiger partial charge >= 0.3 is 0 Å². The van der Waals surface area contributed by atoms with Crippen LogP contribution in [0.1, 0.15) is 29.7 Å². The zero-order valence-corrected chi connectivity index (χ0v) is 11.6. The van der Waals surface area contributed by atoms with Gasteiger partial charge in [0.15, 0.2) is 0 Å². The third kappa shape index (κ3) is 3.62. The number of hydrogen-bond acceptors (Lipinski definition) is 2. The fourth-order valence-corrected chi connectivity index (χ4v) is 2.74. The van der Waals surface area contributed by atoms with Gasteiger partial charge in [0, 0.05) is 10.6 Å². The summed E-state index contributed by atoms with van der Waals surface area (Å²) in [6.45, 7) is 3.91. The first-order valence-corrected chi connectivity index (χ1v) is 7.10. The van der Waals surface area contributed by atoms with E-state index in [4.69, 9.17) is 0 Å². The molecule has 0 aliphatic rings. The third-order valence-corrected chi connectivity index (χ3v) is 3.89. The fraction of sp³-hybridized carbons (Fsp3) is 0.250. The second kappa shape index (κ2) is 6.07. The van der Waals surface area contributed by atoms with Crippen molar-refractivity contribution in [2.24, 2.45) is 0 Å². The molecule has 0 aliphatic carbocycles. The second-order valence-corrected chi connectivity index (χ2v) is 5.57. The van der Waals surface area contributed by atoms with E-state index in [1.165, 1.54) is 16.0 Å². The summed E-state index contributed by atoms with van der Waals surface area (Å²) in [6.07, 6.45) is -0.399. The summed E-state index contributed by atoms with van der Waals surface area (Å²) in [5, 5.41) is 9.56. The summed E-state index contributed by atoms with van der Waals surface area (Å²) in [6, 6.07) is 16.7. The molecule has 1 atom stereocenters. The van der Waals surface area contributed by atoms with Crippen LogP contribution in [-0.2, 0) is 5.75 Å². The standard InChI is InChI=1S/C16H18OS/c1-12-5-3-6-14(9-12)11-18-16-8-4-7-15(10-16)13(2)17/h3-10,13,17H,11H2,1-2H3. The van der Waals surface area contributed by atoms with Crippen molar-refractivity contribution in [3.63, 3.8) is 0 Å². The molecular formula is C16H18OS. The van der Waals surface area contributed by atoms with Gasteiger partial charge in [-0.15, -0.1) is 11.8 Å². The molecule has 1 N–H and O–H groups in total. The number of thioether (sulfide) groups is 1. The molecule has 0 saturated heterocycles. The number of aryl methyl sites for hydroxylation is 1. The van der Waals surface area contributed by atoms with Crippen molar-refractivity contribution in [1.29, 1.82) is 0 Å². The SMILES string of the molecule is Cc1cccc(CSc2cccc(C(C)O)c2)c1.